The molecule has 0 unspecified atom stereocenters. The van der Waals surface area contributed by atoms with Crippen molar-refractivity contribution in [2.45, 2.75) is 25.8 Å². The van der Waals surface area contributed by atoms with E-state index in [1.807, 2.05) is 13.0 Å². The largest absolute Gasteiger partial charge is 0.493 e. The molecular formula is C22H27N3O4. The molecule has 0 saturated carbocycles. The molecule has 2 aromatic carbocycles. The van der Waals surface area contributed by atoms with Crippen LogP contribution in [0.1, 0.15) is 39.1 Å². The lowest BCUT2D eigenvalue weighted by molar-refractivity contribution is 0.0697. The van der Waals surface area contributed by atoms with Crippen molar-refractivity contribution >= 4 is 17.5 Å². The van der Waals surface area contributed by atoms with E-state index in [0.29, 0.717) is 54.2 Å². The summed E-state index contributed by atoms with van der Waals surface area (Å²) in [5, 5.41) is 3.07. The molecular weight excluding hydrogens is 370 g/mol. The number of carbonyl (C=O) groups is 2. The van der Waals surface area contributed by atoms with E-state index >= 15 is 0 Å². The van der Waals surface area contributed by atoms with Crippen LogP contribution in [0.5, 0.6) is 11.5 Å². The molecule has 0 aliphatic carbocycles. The van der Waals surface area contributed by atoms with Crippen molar-refractivity contribution < 1.29 is 19.1 Å². The standard InChI is InChI=1S/C22H27N3O4/c1-14-4-6-16(23)13-18(14)21(26)24-17-8-10-25(11-9-17)22(27)15-5-7-19(28-2)20(12-15)29-3/h4-7,12-13,17H,8-11,23H2,1-3H3,(H,24,26). The Balaban J connectivity index is 1.59. The van der Waals surface area contributed by atoms with Gasteiger partial charge in [-0.2, -0.15) is 0 Å². The number of amides is 2. The first-order valence-corrected chi connectivity index (χ1v) is 9.61. The molecule has 1 saturated heterocycles. The number of nitrogen functional groups attached to an aromatic ring is 1. The van der Waals surface area contributed by atoms with Crippen LogP contribution >= 0.6 is 0 Å². The highest BCUT2D eigenvalue weighted by Gasteiger charge is 2.26. The fraction of sp³-hybridized carbons (Fsp3) is 0.364. The van der Waals surface area contributed by atoms with E-state index in [-0.39, 0.29) is 17.9 Å². The van der Waals surface area contributed by atoms with Crippen molar-refractivity contribution in [3.63, 3.8) is 0 Å². The molecule has 29 heavy (non-hydrogen) atoms. The van der Waals surface area contributed by atoms with Crippen LogP contribution in [0.15, 0.2) is 36.4 Å². The van der Waals surface area contributed by atoms with E-state index in [0.717, 1.165) is 5.56 Å². The molecule has 2 amide bonds. The summed E-state index contributed by atoms with van der Waals surface area (Å²) in [6.45, 7) is 3.04. The second-order valence-corrected chi connectivity index (χ2v) is 7.18. The third-order valence-electron chi connectivity index (χ3n) is 5.25. The van der Waals surface area contributed by atoms with Gasteiger partial charge in [-0.3, -0.25) is 9.59 Å². The zero-order valence-electron chi connectivity index (χ0n) is 17.0. The number of carbonyl (C=O) groups excluding carboxylic acids is 2. The molecule has 1 heterocycles. The molecule has 7 nitrogen and oxygen atoms in total. The van der Waals surface area contributed by atoms with Gasteiger partial charge in [0.05, 0.1) is 14.2 Å². The Morgan fingerprint density at radius 2 is 1.72 bits per heavy atom. The van der Waals surface area contributed by atoms with Crippen LogP contribution in [-0.4, -0.2) is 50.1 Å². The molecule has 1 fully saturated rings. The fourth-order valence-corrected chi connectivity index (χ4v) is 3.53. The molecule has 0 aromatic heterocycles. The molecule has 1 aliphatic rings. The normalized spacial score (nSPS) is 14.4. The highest BCUT2D eigenvalue weighted by atomic mass is 16.5. The van der Waals surface area contributed by atoms with E-state index in [4.69, 9.17) is 15.2 Å². The van der Waals surface area contributed by atoms with Gasteiger partial charge in [0.15, 0.2) is 11.5 Å². The van der Waals surface area contributed by atoms with Crippen LogP contribution in [0.2, 0.25) is 0 Å². The van der Waals surface area contributed by atoms with Crippen LogP contribution in [0.3, 0.4) is 0 Å². The highest BCUT2D eigenvalue weighted by Crippen LogP contribution is 2.28. The summed E-state index contributed by atoms with van der Waals surface area (Å²) in [4.78, 5) is 27.2. The molecule has 0 atom stereocenters. The lowest BCUT2D eigenvalue weighted by Crippen LogP contribution is -2.46. The molecule has 1 aliphatic heterocycles. The number of likely N-dealkylation sites (tertiary alicyclic amines) is 1. The number of piperidine rings is 1. The Morgan fingerprint density at radius 3 is 2.38 bits per heavy atom. The lowest BCUT2D eigenvalue weighted by atomic mass is 10.0. The number of methoxy groups -OCH3 is 2. The van der Waals surface area contributed by atoms with Crippen LogP contribution in [0.4, 0.5) is 5.69 Å². The van der Waals surface area contributed by atoms with Gasteiger partial charge < -0.3 is 25.4 Å². The smallest absolute Gasteiger partial charge is 0.253 e. The van der Waals surface area contributed by atoms with Crippen molar-refractivity contribution in [1.82, 2.24) is 10.2 Å². The summed E-state index contributed by atoms with van der Waals surface area (Å²) >= 11 is 0. The Hall–Kier alpha value is -3.22. The SMILES string of the molecule is COc1ccc(C(=O)N2CCC(NC(=O)c3cc(N)ccc3C)CC2)cc1OC. The molecule has 0 radical (unpaired) electrons. The van der Waals surface area contributed by atoms with E-state index in [9.17, 15) is 9.59 Å². The average Bonchev–Trinajstić information content (AvgIpc) is 2.74. The first-order chi connectivity index (χ1) is 13.9. The van der Waals surface area contributed by atoms with Gasteiger partial charge in [-0.25, -0.2) is 0 Å². The average molecular weight is 397 g/mol. The maximum atomic E-state index is 12.8. The fourth-order valence-electron chi connectivity index (χ4n) is 3.53. The second kappa shape index (κ2) is 8.86. The molecule has 0 spiro atoms. The van der Waals surface area contributed by atoms with Gasteiger partial charge in [-0.15, -0.1) is 0 Å². The summed E-state index contributed by atoms with van der Waals surface area (Å²) in [7, 11) is 3.10. The molecule has 2 aromatic rings. The lowest BCUT2D eigenvalue weighted by Gasteiger charge is -2.32. The molecule has 7 heteroatoms. The van der Waals surface area contributed by atoms with Gasteiger partial charge in [0, 0.05) is 35.9 Å². The third-order valence-corrected chi connectivity index (χ3v) is 5.25. The number of nitrogens with two attached hydrogens (primary N) is 1. The monoisotopic (exact) mass is 397 g/mol. The molecule has 0 bridgehead atoms. The van der Waals surface area contributed by atoms with Crippen LogP contribution in [0.25, 0.3) is 0 Å². The number of nitrogens with zero attached hydrogens (tertiary/aromatic N) is 1. The third kappa shape index (κ3) is 4.62. The zero-order valence-corrected chi connectivity index (χ0v) is 17.0. The minimum atomic E-state index is -0.125. The minimum Gasteiger partial charge on any atom is -0.493 e. The Labute approximate surface area is 170 Å². The van der Waals surface area contributed by atoms with Crippen LogP contribution in [-0.2, 0) is 0 Å². The summed E-state index contributed by atoms with van der Waals surface area (Å²) in [5.41, 5.74) is 8.40. The van der Waals surface area contributed by atoms with Crippen molar-refractivity contribution in [1.29, 1.82) is 0 Å². The summed E-state index contributed by atoms with van der Waals surface area (Å²) in [5.74, 6) is 0.933. The minimum absolute atomic E-state index is 0.0257. The molecule has 3 rings (SSSR count). The number of hydrogen-bond donors (Lipinski definition) is 2. The van der Waals surface area contributed by atoms with Gasteiger partial charge >= 0.3 is 0 Å². The first kappa shape index (κ1) is 20.5. The maximum absolute atomic E-state index is 12.8. The number of hydrogen-bond acceptors (Lipinski definition) is 5. The maximum Gasteiger partial charge on any atom is 0.253 e. The van der Waals surface area contributed by atoms with Crippen molar-refractivity contribution in [2.75, 3.05) is 33.0 Å². The predicted molar refractivity (Wildman–Crippen MR) is 112 cm³/mol. The number of ether oxygens (including phenoxy) is 2. The van der Waals surface area contributed by atoms with E-state index in [1.165, 1.54) is 0 Å². The molecule has 3 N–H and O–H groups in total. The Kier molecular flexibility index (Phi) is 6.26. The number of anilines is 1. The van der Waals surface area contributed by atoms with Gasteiger partial charge in [0.1, 0.15) is 0 Å². The van der Waals surface area contributed by atoms with Crippen molar-refractivity contribution in [3.05, 3.63) is 53.1 Å². The first-order valence-electron chi connectivity index (χ1n) is 9.61. The number of benzene rings is 2. The van der Waals surface area contributed by atoms with Gasteiger partial charge in [-0.1, -0.05) is 6.07 Å². The number of nitrogens with one attached hydrogen (secondary N) is 1. The zero-order chi connectivity index (χ0) is 21.0. The second-order valence-electron chi connectivity index (χ2n) is 7.18. The van der Waals surface area contributed by atoms with Gasteiger partial charge in [-0.05, 0) is 55.7 Å². The predicted octanol–water partition coefficient (Wildman–Crippen LogP) is 2.63. The summed E-state index contributed by atoms with van der Waals surface area (Å²) < 4.78 is 10.5. The number of aryl methyl sites for hydroxylation is 1. The van der Waals surface area contributed by atoms with Crippen LogP contribution < -0.4 is 20.5 Å². The summed E-state index contributed by atoms with van der Waals surface area (Å²) in [6, 6.07) is 10.5. The quantitative estimate of drug-likeness (QED) is 0.757. The Morgan fingerprint density at radius 1 is 1.03 bits per heavy atom. The van der Waals surface area contributed by atoms with Crippen molar-refractivity contribution in [2.24, 2.45) is 0 Å². The van der Waals surface area contributed by atoms with Crippen LogP contribution in [0, 0.1) is 6.92 Å². The summed E-state index contributed by atoms with van der Waals surface area (Å²) in [6.07, 6.45) is 1.40. The highest BCUT2D eigenvalue weighted by molar-refractivity contribution is 5.97. The van der Waals surface area contributed by atoms with Gasteiger partial charge in [0.25, 0.3) is 11.8 Å². The number of rotatable bonds is 5. The topological polar surface area (TPSA) is 93.9 Å². The van der Waals surface area contributed by atoms with E-state index in [1.54, 1.807) is 49.5 Å². The molecule has 154 valence electrons. The van der Waals surface area contributed by atoms with Crippen molar-refractivity contribution in [3.8, 4) is 11.5 Å². The van der Waals surface area contributed by atoms with Gasteiger partial charge in [0.2, 0.25) is 0 Å². The Bertz CT molecular complexity index is 905. The van der Waals surface area contributed by atoms with E-state index in [2.05, 4.69) is 5.32 Å². The van der Waals surface area contributed by atoms with E-state index < -0.39 is 0 Å².